The number of benzene rings is 2. The lowest BCUT2D eigenvalue weighted by Gasteiger charge is -2.25. The fourth-order valence-electron chi connectivity index (χ4n) is 3.90. The topological polar surface area (TPSA) is 72.9 Å². The van der Waals surface area contributed by atoms with Crippen molar-refractivity contribution in [2.75, 3.05) is 49.2 Å². The van der Waals surface area contributed by atoms with Crippen LogP contribution in [0.2, 0.25) is 0 Å². The lowest BCUT2D eigenvalue weighted by molar-refractivity contribution is -0.654. The van der Waals surface area contributed by atoms with Crippen molar-refractivity contribution in [2.45, 2.75) is 13.8 Å². The molecule has 0 aliphatic rings. The van der Waals surface area contributed by atoms with Gasteiger partial charge in [0.15, 0.2) is 0 Å². The van der Waals surface area contributed by atoms with Crippen LogP contribution in [0.15, 0.2) is 92.1 Å². The first-order valence-electron chi connectivity index (χ1n) is 13.0. The van der Waals surface area contributed by atoms with Crippen LogP contribution in [0.4, 0.5) is 33.0 Å². The van der Waals surface area contributed by atoms with E-state index >= 15 is 0 Å². The molecule has 0 amide bonds. The van der Waals surface area contributed by atoms with E-state index in [1.54, 1.807) is 22.7 Å². The van der Waals surface area contributed by atoms with Crippen molar-refractivity contribution in [3.05, 3.63) is 71.7 Å². The van der Waals surface area contributed by atoms with Gasteiger partial charge in [-0.25, -0.2) is 9.13 Å². The Labute approximate surface area is 238 Å². The molecule has 39 heavy (non-hydrogen) atoms. The molecule has 2 aromatic heterocycles. The number of hydrogen-bond donors (Lipinski definition) is 0. The van der Waals surface area contributed by atoms with Gasteiger partial charge in [0.2, 0.25) is 0 Å². The van der Waals surface area contributed by atoms with E-state index in [2.05, 4.69) is 68.4 Å². The number of rotatable bonds is 14. The predicted molar refractivity (Wildman–Crippen MR) is 159 cm³/mol. The summed E-state index contributed by atoms with van der Waals surface area (Å²) in [7, 11) is 3.93. The maximum absolute atomic E-state index is 6.02. The van der Waals surface area contributed by atoms with Crippen LogP contribution in [-0.4, -0.2) is 39.4 Å². The number of hydrogen-bond acceptors (Lipinski definition) is 9. The Hall–Kier alpha value is -3.54. The Morgan fingerprint density at radius 2 is 1.05 bits per heavy atom. The number of anilines is 2. The standard InChI is InChI=1S/C28H36N8OS2/c1-5-35(25-11-7-23(8-12-25)29-31-27-33(3)17-21-38-27)15-19-37-20-16-36(6-2)26-13-9-24(10-14-26)30-32-28-34(4)18-22-39-28/h7-14,17-18,21-22H,5-6,15-16,19-20H2,1-4H3/q+2. The number of likely N-dealkylation sites (N-methyl/N-ethyl adjacent to an activating group) is 2. The molecule has 0 saturated carbocycles. The van der Waals surface area contributed by atoms with Gasteiger partial charge in [-0.2, -0.15) is 0 Å². The van der Waals surface area contributed by atoms with E-state index in [0.717, 1.165) is 59.2 Å². The molecule has 4 aromatic rings. The van der Waals surface area contributed by atoms with Gasteiger partial charge in [-0.1, -0.05) is 0 Å². The molecule has 0 aliphatic heterocycles. The van der Waals surface area contributed by atoms with E-state index in [1.807, 2.05) is 70.6 Å². The summed E-state index contributed by atoms with van der Waals surface area (Å²) in [6, 6.07) is 16.4. The minimum atomic E-state index is 0.668. The van der Waals surface area contributed by atoms with Gasteiger partial charge in [-0.05, 0) is 95.3 Å². The van der Waals surface area contributed by atoms with Crippen molar-refractivity contribution in [1.82, 2.24) is 0 Å². The van der Waals surface area contributed by atoms with E-state index < -0.39 is 0 Å². The molecule has 2 aromatic carbocycles. The van der Waals surface area contributed by atoms with Crippen molar-refractivity contribution in [2.24, 2.45) is 34.6 Å². The molecule has 0 spiro atoms. The maximum Gasteiger partial charge on any atom is 0.408 e. The summed E-state index contributed by atoms with van der Waals surface area (Å²) in [6.07, 6.45) is 3.95. The van der Waals surface area contributed by atoms with E-state index in [9.17, 15) is 0 Å². The maximum atomic E-state index is 6.02. The number of nitrogens with zero attached hydrogens (tertiary/aromatic N) is 8. The van der Waals surface area contributed by atoms with Crippen molar-refractivity contribution < 1.29 is 13.9 Å². The highest BCUT2D eigenvalue weighted by Crippen LogP contribution is 2.24. The molecule has 0 fully saturated rings. The fraction of sp³-hybridized carbons (Fsp3) is 0.357. The second-order valence-electron chi connectivity index (χ2n) is 8.80. The fourth-order valence-corrected chi connectivity index (χ4v) is 5.26. The van der Waals surface area contributed by atoms with Gasteiger partial charge < -0.3 is 14.5 Å². The van der Waals surface area contributed by atoms with Gasteiger partial charge in [0.1, 0.15) is 23.8 Å². The molecule has 204 valence electrons. The first-order chi connectivity index (χ1) is 19.1. The van der Waals surface area contributed by atoms with Crippen LogP contribution in [0.1, 0.15) is 13.8 Å². The van der Waals surface area contributed by atoms with Crippen LogP contribution in [-0.2, 0) is 18.8 Å². The predicted octanol–water partition coefficient (Wildman–Crippen LogP) is 6.66. The van der Waals surface area contributed by atoms with Crippen molar-refractivity contribution in [3.63, 3.8) is 0 Å². The SMILES string of the molecule is CCN(CCOCCN(CC)c1ccc(N=Nc2scc[n+]2C)cc1)c1ccc(N=Nc2scc[n+]2C)cc1. The van der Waals surface area contributed by atoms with Crippen LogP contribution < -0.4 is 18.9 Å². The highest BCUT2D eigenvalue weighted by Gasteiger charge is 2.10. The molecule has 0 N–H and O–H groups in total. The Kier molecular flexibility index (Phi) is 10.6. The molecule has 0 bridgehead atoms. The molecule has 0 unspecified atom stereocenters. The zero-order valence-electron chi connectivity index (χ0n) is 23.0. The number of azo groups is 2. The second kappa shape index (κ2) is 14.6. The third kappa shape index (κ3) is 8.22. The summed E-state index contributed by atoms with van der Waals surface area (Å²) in [5, 5.41) is 23.1. The Balaban J connectivity index is 1.21. The van der Waals surface area contributed by atoms with Crippen molar-refractivity contribution in [3.8, 4) is 0 Å². The minimum absolute atomic E-state index is 0.668. The molecule has 0 saturated heterocycles. The van der Waals surface area contributed by atoms with Gasteiger partial charge in [-0.3, -0.25) is 0 Å². The van der Waals surface area contributed by atoms with Gasteiger partial charge in [0.05, 0.1) is 37.5 Å². The molecule has 0 radical (unpaired) electrons. The molecule has 0 aliphatic carbocycles. The zero-order valence-corrected chi connectivity index (χ0v) is 24.6. The zero-order chi connectivity index (χ0) is 27.5. The molecule has 4 rings (SSSR count). The quantitative estimate of drug-likeness (QED) is 0.0977. The van der Waals surface area contributed by atoms with Gasteiger partial charge in [-0.15, -0.1) is 0 Å². The Morgan fingerprint density at radius 3 is 1.38 bits per heavy atom. The van der Waals surface area contributed by atoms with E-state index in [4.69, 9.17) is 4.74 Å². The molecular formula is C28H36N8OS2+2. The first kappa shape index (κ1) is 28.5. The van der Waals surface area contributed by atoms with E-state index in [0.29, 0.717) is 13.2 Å². The summed E-state index contributed by atoms with van der Waals surface area (Å²) >= 11 is 3.13. The van der Waals surface area contributed by atoms with Crippen molar-refractivity contribution in [1.29, 1.82) is 0 Å². The molecule has 2 heterocycles. The normalized spacial score (nSPS) is 11.6. The Morgan fingerprint density at radius 1 is 0.641 bits per heavy atom. The highest BCUT2D eigenvalue weighted by molar-refractivity contribution is 7.13. The third-order valence-corrected chi connectivity index (χ3v) is 7.90. The Bertz CT molecular complexity index is 1240. The number of ether oxygens (including phenoxy) is 1. The molecule has 0 atom stereocenters. The average Bonchev–Trinajstić information content (AvgIpc) is 3.58. The lowest BCUT2D eigenvalue weighted by Crippen LogP contribution is -2.30. The molecule has 11 heteroatoms. The largest absolute Gasteiger partial charge is 0.408 e. The van der Waals surface area contributed by atoms with Gasteiger partial charge in [0.25, 0.3) is 0 Å². The summed E-state index contributed by atoms with van der Waals surface area (Å²) in [6.45, 7) is 9.13. The van der Waals surface area contributed by atoms with Gasteiger partial charge >= 0.3 is 10.3 Å². The highest BCUT2D eigenvalue weighted by atomic mass is 32.1. The first-order valence-corrected chi connectivity index (χ1v) is 14.8. The summed E-state index contributed by atoms with van der Waals surface area (Å²) in [5.74, 6) is 0. The average molecular weight is 565 g/mol. The molecule has 9 nitrogen and oxygen atoms in total. The van der Waals surface area contributed by atoms with Crippen molar-refractivity contribution >= 4 is 55.7 Å². The third-order valence-electron chi connectivity index (χ3n) is 6.23. The second-order valence-corrected chi connectivity index (χ2v) is 10.5. The summed E-state index contributed by atoms with van der Waals surface area (Å²) in [4.78, 5) is 4.61. The van der Waals surface area contributed by atoms with Crippen LogP contribution in [0.3, 0.4) is 0 Å². The molecular weight excluding hydrogens is 528 g/mol. The summed E-state index contributed by atoms with van der Waals surface area (Å²) < 4.78 is 9.93. The van der Waals surface area contributed by atoms with Crippen LogP contribution in [0, 0.1) is 0 Å². The van der Waals surface area contributed by atoms with E-state index in [-0.39, 0.29) is 0 Å². The van der Waals surface area contributed by atoms with Crippen LogP contribution >= 0.6 is 22.7 Å². The number of thiazole rings is 2. The number of aryl methyl sites for hydroxylation is 2. The number of aromatic nitrogens is 2. The van der Waals surface area contributed by atoms with Crippen LogP contribution in [0.5, 0.6) is 0 Å². The smallest absolute Gasteiger partial charge is 0.378 e. The van der Waals surface area contributed by atoms with E-state index in [1.165, 1.54) is 0 Å². The minimum Gasteiger partial charge on any atom is -0.378 e. The summed E-state index contributed by atoms with van der Waals surface area (Å²) in [5.41, 5.74) is 3.99. The van der Waals surface area contributed by atoms with Gasteiger partial charge in [0, 0.05) is 48.3 Å². The van der Waals surface area contributed by atoms with Crippen LogP contribution in [0.25, 0.3) is 0 Å². The lowest BCUT2D eigenvalue weighted by atomic mass is 10.2. The monoisotopic (exact) mass is 564 g/mol.